The van der Waals surface area contributed by atoms with Gasteiger partial charge in [0.2, 0.25) is 0 Å². The quantitative estimate of drug-likeness (QED) is 0.868. The molecule has 5 heteroatoms. The van der Waals surface area contributed by atoms with Crippen molar-refractivity contribution in [2.24, 2.45) is 0 Å². The van der Waals surface area contributed by atoms with Gasteiger partial charge < -0.3 is 19.7 Å². The third kappa shape index (κ3) is 2.51. The third-order valence-electron chi connectivity index (χ3n) is 5.27. The van der Waals surface area contributed by atoms with E-state index in [0.29, 0.717) is 25.9 Å². The van der Waals surface area contributed by atoms with Crippen molar-refractivity contribution >= 4 is 17.9 Å². The molecule has 2 aromatic rings. The zero-order valence-electron chi connectivity index (χ0n) is 13.8. The first-order valence-electron chi connectivity index (χ1n) is 8.49. The SMILES string of the molecule is O=CC1N(c2ccccc2)CCC1(O)C(=O)N1Cc2ccccc2C1. The number of anilines is 1. The highest BCUT2D eigenvalue weighted by atomic mass is 16.3. The van der Waals surface area contributed by atoms with E-state index in [1.165, 1.54) is 0 Å². The van der Waals surface area contributed by atoms with Gasteiger partial charge in [0.1, 0.15) is 12.3 Å². The summed E-state index contributed by atoms with van der Waals surface area (Å²) in [6.45, 7) is 1.43. The number of aldehydes is 1. The van der Waals surface area contributed by atoms with Crippen LogP contribution in [0, 0.1) is 0 Å². The minimum atomic E-state index is -1.68. The van der Waals surface area contributed by atoms with Crippen LogP contribution in [0.3, 0.4) is 0 Å². The maximum atomic E-state index is 13.1. The Morgan fingerprint density at radius 2 is 1.64 bits per heavy atom. The monoisotopic (exact) mass is 336 g/mol. The Labute approximate surface area is 146 Å². The average Bonchev–Trinajstić information content (AvgIpc) is 3.23. The van der Waals surface area contributed by atoms with Crippen molar-refractivity contribution in [3.63, 3.8) is 0 Å². The first kappa shape index (κ1) is 15.8. The summed E-state index contributed by atoms with van der Waals surface area (Å²) in [4.78, 5) is 28.3. The first-order chi connectivity index (χ1) is 12.1. The second kappa shape index (κ2) is 6.01. The van der Waals surface area contributed by atoms with Crippen LogP contribution in [0.4, 0.5) is 5.69 Å². The van der Waals surface area contributed by atoms with E-state index in [1.807, 2.05) is 59.5 Å². The highest BCUT2D eigenvalue weighted by molar-refractivity contribution is 5.92. The number of hydrogen-bond acceptors (Lipinski definition) is 4. The van der Waals surface area contributed by atoms with Gasteiger partial charge in [0.05, 0.1) is 0 Å². The summed E-state index contributed by atoms with van der Waals surface area (Å²) < 4.78 is 0. The van der Waals surface area contributed by atoms with Crippen LogP contribution in [0.1, 0.15) is 17.5 Å². The summed E-state index contributed by atoms with van der Waals surface area (Å²) in [5, 5.41) is 11.1. The van der Waals surface area contributed by atoms with Crippen LogP contribution in [-0.4, -0.2) is 40.4 Å². The fourth-order valence-electron chi connectivity index (χ4n) is 3.91. The van der Waals surface area contributed by atoms with Gasteiger partial charge in [0.15, 0.2) is 5.60 Å². The number of benzene rings is 2. The molecule has 0 bridgehead atoms. The van der Waals surface area contributed by atoms with E-state index in [9.17, 15) is 14.7 Å². The smallest absolute Gasteiger partial charge is 0.257 e. The molecule has 2 unspecified atom stereocenters. The number of nitrogens with zero attached hydrogens (tertiary/aromatic N) is 2. The van der Waals surface area contributed by atoms with Crippen molar-refractivity contribution in [2.45, 2.75) is 31.2 Å². The molecule has 128 valence electrons. The molecule has 4 rings (SSSR count). The standard InChI is InChI=1S/C20H20N2O3/c23-14-18-20(25,10-11-22(18)17-8-2-1-3-9-17)19(24)21-12-15-6-4-5-7-16(15)13-21/h1-9,14,18,25H,10-13H2. The van der Waals surface area contributed by atoms with Gasteiger partial charge in [-0.1, -0.05) is 42.5 Å². The molecule has 1 fully saturated rings. The van der Waals surface area contributed by atoms with Gasteiger partial charge in [-0.15, -0.1) is 0 Å². The van der Waals surface area contributed by atoms with E-state index >= 15 is 0 Å². The molecule has 5 nitrogen and oxygen atoms in total. The summed E-state index contributed by atoms with van der Waals surface area (Å²) >= 11 is 0. The van der Waals surface area contributed by atoms with E-state index < -0.39 is 11.6 Å². The summed E-state index contributed by atoms with van der Waals surface area (Å²) in [6.07, 6.45) is 0.943. The lowest BCUT2D eigenvalue weighted by Gasteiger charge is -2.33. The van der Waals surface area contributed by atoms with Crippen LogP contribution >= 0.6 is 0 Å². The molecule has 1 saturated heterocycles. The van der Waals surface area contributed by atoms with Gasteiger partial charge in [-0.25, -0.2) is 0 Å². The fourth-order valence-corrected chi connectivity index (χ4v) is 3.91. The van der Waals surface area contributed by atoms with Crippen LogP contribution in [0.5, 0.6) is 0 Å². The van der Waals surface area contributed by atoms with Crippen molar-refractivity contribution in [1.82, 2.24) is 4.90 Å². The maximum Gasteiger partial charge on any atom is 0.257 e. The summed E-state index contributed by atoms with van der Waals surface area (Å²) in [5.74, 6) is -0.362. The van der Waals surface area contributed by atoms with E-state index in [-0.39, 0.29) is 12.3 Å². The Morgan fingerprint density at radius 3 is 2.24 bits per heavy atom. The molecule has 1 amide bonds. The molecule has 2 aliphatic rings. The zero-order valence-corrected chi connectivity index (χ0v) is 13.8. The van der Waals surface area contributed by atoms with Crippen molar-refractivity contribution in [3.05, 3.63) is 65.7 Å². The Balaban J connectivity index is 1.59. The molecule has 0 saturated carbocycles. The maximum absolute atomic E-state index is 13.1. The van der Waals surface area contributed by atoms with Gasteiger partial charge in [-0.3, -0.25) is 4.79 Å². The molecule has 0 aliphatic carbocycles. The van der Waals surface area contributed by atoms with Crippen molar-refractivity contribution < 1.29 is 14.7 Å². The first-order valence-corrected chi connectivity index (χ1v) is 8.49. The number of aliphatic hydroxyl groups is 1. The molecule has 2 aromatic carbocycles. The second-order valence-electron chi connectivity index (χ2n) is 6.71. The van der Waals surface area contributed by atoms with Crippen molar-refractivity contribution in [2.75, 3.05) is 11.4 Å². The second-order valence-corrected chi connectivity index (χ2v) is 6.71. The number of para-hydroxylation sites is 1. The Hall–Kier alpha value is -2.66. The predicted molar refractivity (Wildman–Crippen MR) is 93.9 cm³/mol. The van der Waals surface area contributed by atoms with E-state index in [0.717, 1.165) is 16.8 Å². The van der Waals surface area contributed by atoms with Crippen LogP contribution in [-0.2, 0) is 22.7 Å². The largest absolute Gasteiger partial charge is 0.377 e. The molecule has 0 spiro atoms. The molecular weight excluding hydrogens is 316 g/mol. The molecule has 25 heavy (non-hydrogen) atoms. The van der Waals surface area contributed by atoms with Crippen LogP contribution in [0.25, 0.3) is 0 Å². The summed E-state index contributed by atoms with van der Waals surface area (Å²) in [7, 11) is 0. The van der Waals surface area contributed by atoms with E-state index in [1.54, 1.807) is 4.90 Å². The minimum Gasteiger partial charge on any atom is -0.377 e. The van der Waals surface area contributed by atoms with Gasteiger partial charge in [0.25, 0.3) is 5.91 Å². The highest BCUT2D eigenvalue weighted by Crippen LogP contribution is 2.35. The number of carbonyl (C=O) groups is 2. The fraction of sp³-hybridized carbons (Fsp3) is 0.300. The number of amides is 1. The third-order valence-corrected chi connectivity index (χ3v) is 5.27. The van der Waals surface area contributed by atoms with E-state index in [2.05, 4.69) is 0 Å². The van der Waals surface area contributed by atoms with Gasteiger partial charge in [-0.05, 0) is 23.3 Å². The summed E-state index contributed by atoms with van der Waals surface area (Å²) in [5.41, 5.74) is 1.35. The number of rotatable bonds is 3. The predicted octanol–water partition coefficient (Wildman–Crippen LogP) is 1.74. The van der Waals surface area contributed by atoms with Crippen LogP contribution in [0.2, 0.25) is 0 Å². The molecule has 0 aromatic heterocycles. The highest BCUT2D eigenvalue weighted by Gasteiger charge is 2.53. The lowest BCUT2D eigenvalue weighted by molar-refractivity contribution is -0.153. The average molecular weight is 336 g/mol. The lowest BCUT2D eigenvalue weighted by Crippen LogP contribution is -2.56. The number of hydrogen-bond donors (Lipinski definition) is 1. The molecular formula is C20H20N2O3. The Bertz CT molecular complexity index is 783. The lowest BCUT2D eigenvalue weighted by atomic mass is 9.93. The van der Waals surface area contributed by atoms with Crippen molar-refractivity contribution in [1.29, 1.82) is 0 Å². The molecule has 2 aliphatic heterocycles. The summed E-state index contributed by atoms with van der Waals surface area (Å²) in [6, 6.07) is 16.5. The Morgan fingerprint density at radius 1 is 1.04 bits per heavy atom. The Kier molecular flexibility index (Phi) is 3.81. The van der Waals surface area contributed by atoms with Crippen LogP contribution < -0.4 is 4.90 Å². The molecule has 2 atom stereocenters. The topological polar surface area (TPSA) is 60.9 Å². The van der Waals surface area contributed by atoms with Gasteiger partial charge >= 0.3 is 0 Å². The van der Waals surface area contributed by atoms with Gasteiger partial charge in [0, 0.05) is 31.7 Å². The molecule has 2 heterocycles. The normalized spacial score (nSPS) is 25.1. The minimum absolute atomic E-state index is 0.247. The van der Waals surface area contributed by atoms with Crippen molar-refractivity contribution in [3.8, 4) is 0 Å². The molecule has 1 N–H and O–H groups in total. The van der Waals surface area contributed by atoms with Crippen LogP contribution in [0.15, 0.2) is 54.6 Å². The molecule has 0 radical (unpaired) electrons. The zero-order chi connectivity index (χ0) is 17.4. The number of carbonyl (C=O) groups excluding carboxylic acids is 2. The number of fused-ring (bicyclic) bond motifs is 1. The van der Waals surface area contributed by atoms with Gasteiger partial charge in [-0.2, -0.15) is 0 Å². The van der Waals surface area contributed by atoms with E-state index in [4.69, 9.17) is 0 Å².